The fourth-order valence-electron chi connectivity index (χ4n) is 1.74. The fourth-order valence-corrected chi connectivity index (χ4v) is 1.74. The first kappa shape index (κ1) is 16.5. The molecule has 1 aromatic carbocycles. The van der Waals surface area contributed by atoms with Gasteiger partial charge in [-0.3, -0.25) is 25.4 Å². The molecule has 2 aromatic rings. The van der Waals surface area contributed by atoms with Gasteiger partial charge in [0.2, 0.25) is 5.91 Å². The Morgan fingerprint density at radius 3 is 2.30 bits per heavy atom. The molecule has 2 rings (SSSR count). The Bertz CT molecular complexity index is 685. The zero-order chi connectivity index (χ0) is 16.9. The predicted molar refractivity (Wildman–Crippen MR) is 75.0 cm³/mol. The number of pyridine rings is 1. The van der Waals surface area contributed by atoms with Crippen molar-refractivity contribution in [3.8, 4) is 0 Å². The summed E-state index contributed by atoms with van der Waals surface area (Å²) in [6, 6.07) is 7.31. The number of carbonyl (C=O) groups is 2. The molecule has 0 fully saturated rings. The molecule has 120 valence electrons. The summed E-state index contributed by atoms with van der Waals surface area (Å²) in [4.78, 5) is 27.1. The molecule has 0 bridgehead atoms. The van der Waals surface area contributed by atoms with E-state index in [9.17, 15) is 22.8 Å². The first-order valence-corrected chi connectivity index (χ1v) is 6.51. The fraction of sp³-hybridized carbons (Fsp3) is 0.133. The summed E-state index contributed by atoms with van der Waals surface area (Å²) in [5.74, 6) is -1.10. The third-order valence-corrected chi connectivity index (χ3v) is 2.89. The molecule has 0 aliphatic carbocycles. The summed E-state index contributed by atoms with van der Waals surface area (Å²) in [6.07, 6.45) is -1.75. The van der Waals surface area contributed by atoms with E-state index in [0.29, 0.717) is 5.56 Å². The summed E-state index contributed by atoms with van der Waals surface area (Å²) >= 11 is 0. The van der Waals surface area contributed by atoms with Crippen molar-refractivity contribution in [3.05, 3.63) is 65.5 Å². The van der Waals surface area contributed by atoms with E-state index in [4.69, 9.17) is 0 Å². The van der Waals surface area contributed by atoms with Crippen molar-refractivity contribution >= 4 is 11.8 Å². The number of nitrogens with zero attached hydrogens (tertiary/aromatic N) is 1. The first-order valence-electron chi connectivity index (χ1n) is 6.51. The highest BCUT2D eigenvalue weighted by Crippen LogP contribution is 2.29. The van der Waals surface area contributed by atoms with Crippen LogP contribution in [0.3, 0.4) is 0 Å². The number of rotatable bonds is 3. The van der Waals surface area contributed by atoms with Gasteiger partial charge in [0, 0.05) is 12.4 Å². The third kappa shape index (κ3) is 4.80. The van der Waals surface area contributed by atoms with Crippen molar-refractivity contribution in [2.75, 3.05) is 0 Å². The summed E-state index contributed by atoms with van der Waals surface area (Å²) in [6.45, 7) is 0. The second-order valence-electron chi connectivity index (χ2n) is 4.62. The quantitative estimate of drug-likeness (QED) is 0.850. The highest BCUT2D eigenvalue weighted by Gasteiger charge is 2.29. The Morgan fingerprint density at radius 1 is 1.04 bits per heavy atom. The average molecular weight is 323 g/mol. The number of benzene rings is 1. The van der Waals surface area contributed by atoms with Crippen molar-refractivity contribution in [2.45, 2.75) is 12.6 Å². The second-order valence-corrected chi connectivity index (χ2v) is 4.62. The lowest BCUT2D eigenvalue weighted by Gasteiger charge is -2.09. The van der Waals surface area contributed by atoms with Gasteiger partial charge < -0.3 is 0 Å². The van der Waals surface area contributed by atoms with Crippen LogP contribution in [0.4, 0.5) is 13.2 Å². The number of nitrogens with one attached hydrogen (secondary N) is 2. The van der Waals surface area contributed by atoms with Crippen LogP contribution in [0, 0.1) is 0 Å². The second kappa shape index (κ2) is 6.91. The molecule has 0 aliphatic rings. The Morgan fingerprint density at radius 2 is 1.74 bits per heavy atom. The first-order chi connectivity index (χ1) is 10.9. The zero-order valence-electron chi connectivity index (χ0n) is 11.7. The number of hydrogen-bond acceptors (Lipinski definition) is 3. The minimum absolute atomic E-state index is 0.161. The van der Waals surface area contributed by atoms with Gasteiger partial charge >= 0.3 is 6.18 Å². The molecule has 8 heteroatoms. The van der Waals surface area contributed by atoms with Gasteiger partial charge in [0.1, 0.15) is 0 Å². The molecule has 0 saturated heterocycles. The molecule has 1 aromatic heterocycles. The number of aromatic nitrogens is 1. The Labute approximate surface area is 129 Å². The Balaban J connectivity index is 1.86. The lowest BCUT2D eigenvalue weighted by molar-refractivity contribution is -0.137. The number of alkyl halides is 3. The third-order valence-electron chi connectivity index (χ3n) is 2.89. The summed E-state index contributed by atoms with van der Waals surface area (Å²) in [7, 11) is 0. The lowest BCUT2D eigenvalue weighted by atomic mass is 10.1. The molecule has 0 spiro atoms. The molecule has 0 radical (unpaired) electrons. The predicted octanol–water partition coefficient (Wildman–Crippen LogP) is 2.10. The van der Waals surface area contributed by atoms with Gasteiger partial charge in [-0.2, -0.15) is 13.2 Å². The van der Waals surface area contributed by atoms with Gasteiger partial charge in [-0.25, -0.2) is 0 Å². The molecular formula is C15H12F3N3O2. The molecule has 2 amide bonds. The maximum Gasteiger partial charge on any atom is 0.416 e. The number of carbonyl (C=O) groups excluding carboxylic acids is 2. The largest absolute Gasteiger partial charge is 0.416 e. The van der Waals surface area contributed by atoms with Crippen molar-refractivity contribution in [1.29, 1.82) is 0 Å². The average Bonchev–Trinajstić information content (AvgIpc) is 2.53. The molecule has 5 nitrogen and oxygen atoms in total. The summed E-state index contributed by atoms with van der Waals surface area (Å²) in [5.41, 5.74) is 4.26. The monoisotopic (exact) mass is 323 g/mol. The van der Waals surface area contributed by atoms with E-state index >= 15 is 0 Å². The van der Waals surface area contributed by atoms with Crippen LogP contribution in [0.25, 0.3) is 0 Å². The Hall–Kier alpha value is -2.90. The van der Waals surface area contributed by atoms with Crippen LogP contribution < -0.4 is 10.9 Å². The minimum Gasteiger partial charge on any atom is -0.273 e. The summed E-state index contributed by atoms with van der Waals surface area (Å²) < 4.78 is 37.3. The van der Waals surface area contributed by atoms with Gasteiger partial charge in [-0.15, -0.1) is 0 Å². The molecule has 0 aliphatic heterocycles. The molecule has 0 unspecified atom stereocenters. The number of hydrogen-bond donors (Lipinski definition) is 2. The number of amides is 2. The number of halogens is 3. The molecule has 0 atom stereocenters. The van der Waals surface area contributed by atoms with Crippen molar-refractivity contribution in [3.63, 3.8) is 0 Å². The van der Waals surface area contributed by atoms with Crippen LogP contribution in [0.15, 0.2) is 48.8 Å². The van der Waals surface area contributed by atoms with Crippen LogP contribution >= 0.6 is 0 Å². The highest BCUT2D eigenvalue weighted by atomic mass is 19.4. The van der Waals surface area contributed by atoms with Crippen LogP contribution in [-0.2, 0) is 17.4 Å². The van der Waals surface area contributed by atoms with Gasteiger partial charge in [0.05, 0.1) is 17.5 Å². The Kier molecular flexibility index (Phi) is 4.95. The van der Waals surface area contributed by atoms with Gasteiger partial charge in [-0.1, -0.05) is 12.1 Å². The van der Waals surface area contributed by atoms with E-state index in [1.807, 2.05) is 0 Å². The molecule has 1 heterocycles. The molecule has 23 heavy (non-hydrogen) atoms. The maximum atomic E-state index is 12.4. The lowest BCUT2D eigenvalue weighted by Crippen LogP contribution is -2.42. The SMILES string of the molecule is O=C(Cc1ccc(C(F)(F)F)cc1)NNC(=O)c1cccnc1. The van der Waals surface area contributed by atoms with E-state index < -0.39 is 23.6 Å². The van der Waals surface area contributed by atoms with Crippen LogP contribution in [-0.4, -0.2) is 16.8 Å². The van der Waals surface area contributed by atoms with E-state index in [1.165, 1.54) is 30.6 Å². The maximum absolute atomic E-state index is 12.4. The summed E-state index contributed by atoms with van der Waals surface area (Å²) in [5, 5.41) is 0. The smallest absolute Gasteiger partial charge is 0.273 e. The normalized spacial score (nSPS) is 10.9. The van der Waals surface area contributed by atoms with E-state index in [0.717, 1.165) is 12.1 Å². The van der Waals surface area contributed by atoms with E-state index in [-0.39, 0.29) is 12.0 Å². The zero-order valence-corrected chi connectivity index (χ0v) is 11.7. The van der Waals surface area contributed by atoms with Gasteiger partial charge in [0.15, 0.2) is 0 Å². The molecular weight excluding hydrogens is 311 g/mol. The number of hydrazine groups is 1. The highest BCUT2D eigenvalue weighted by molar-refractivity contribution is 5.95. The van der Waals surface area contributed by atoms with Crippen molar-refractivity contribution in [1.82, 2.24) is 15.8 Å². The van der Waals surface area contributed by atoms with Gasteiger partial charge in [0.25, 0.3) is 5.91 Å². The van der Waals surface area contributed by atoms with Gasteiger partial charge in [-0.05, 0) is 29.8 Å². The van der Waals surface area contributed by atoms with Crippen molar-refractivity contribution in [2.24, 2.45) is 0 Å². The standard InChI is InChI=1S/C15H12F3N3O2/c16-15(17,18)12-5-3-10(4-6-12)8-13(22)20-21-14(23)11-2-1-7-19-9-11/h1-7,9H,8H2,(H,20,22)(H,21,23). The van der Waals surface area contributed by atoms with E-state index in [1.54, 1.807) is 6.07 Å². The minimum atomic E-state index is -4.42. The van der Waals surface area contributed by atoms with Crippen LogP contribution in [0.2, 0.25) is 0 Å². The molecule has 0 saturated carbocycles. The molecule has 2 N–H and O–H groups in total. The van der Waals surface area contributed by atoms with Crippen molar-refractivity contribution < 1.29 is 22.8 Å². The van der Waals surface area contributed by atoms with Crippen LogP contribution in [0.1, 0.15) is 21.5 Å². The van der Waals surface area contributed by atoms with E-state index in [2.05, 4.69) is 15.8 Å². The van der Waals surface area contributed by atoms with Crippen LogP contribution in [0.5, 0.6) is 0 Å². The topological polar surface area (TPSA) is 71.1 Å².